The fraction of sp³-hybridized carbons (Fsp3) is 0.455. The summed E-state index contributed by atoms with van der Waals surface area (Å²) in [4.78, 5) is 15.4. The van der Waals surface area contributed by atoms with Gasteiger partial charge in [-0.2, -0.15) is 13.2 Å². The number of nitrogens with zero attached hydrogens (tertiary/aromatic N) is 1. The molecule has 0 spiro atoms. The van der Waals surface area contributed by atoms with E-state index in [-0.39, 0.29) is 24.6 Å². The number of alkyl halides is 3. The van der Waals surface area contributed by atoms with Crippen molar-refractivity contribution in [1.29, 1.82) is 0 Å². The van der Waals surface area contributed by atoms with Crippen LogP contribution in [0.3, 0.4) is 0 Å². The number of unbranched alkanes of at least 4 members (excludes halogenated alkanes) is 1. The average Bonchev–Trinajstić information content (AvgIpc) is 2.27. The molecule has 0 unspecified atom stereocenters. The van der Waals surface area contributed by atoms with E-state index in [0.717, 1.165) is 4.47 Å². The second kappa shape index (κ2) is 6.72. The molecule has 1 rings (SSSR count). The second-order valence-corrected chi connectivity index (χ2v) is 4.61. The first-order valence-electron chi connectivity index (χ1n) is 5.35. The standard InChI is InChI=1S/C11H12BrF3N2O/c12-8-3-4-9(17-7-8)10(18)16-6-2-1-5-11(13,14)15/h3-4,7H,1-2,5-6H2,(H,16,18). The topological polar surface area (TPSA) is 42.0 Å². The minimum Gasteiger partial charge on any atom is -0.351 e. The van der Waals surface area contributed by atoms with E-state index in [1.807, 2.05) is 0 Å². The summed E-state index contributed by atoms with van der Waals surface area (Å²) in [6.45, 7) is 0.215. The second-order valence-electron chi connectivity index (χ2n) is 3.69. The molecule has 0 bridgehead atoms. The highest BCUT2D eigenvalue weighted by Crippen LogP contribution is 2.21. The maximum atomic E-state index is 11.8. The molecule has 1 aromatic heterocycles. The molecular formula is C11H12BrF3N2O. The lowest BCUT2D eigenvalue weighted by atomic mass is 10.2. The molecule has 0 aliphatic heterocycles. The SMILES string of the molecule is O=C(NCCCCC(F)(F)F)c1ccc(Br)cn1. The lowest BCUT2D eigenvalue weighted by Gasteiger charge is -2.06. The van der Waals surface area contributed by atoms with Crippen molar-refractivity contribution in [2.24, 2.45) is 0 Å². The molecule has 0 aromatic carbocycles. The number of pyridine rings is 1. The number of aromatic nitrogens is 1. The number of nitrogens with one attached hydrogen (secondary N) is 1. The summed E-state index contributed by atoms with van der Waals surface area (Å²) < 4.78 is 36.3. The highest BCUT2D eigenvalue weighted by Gasteiger charge is 2.25. The van der Waals surface area contributed by atoms with Gasteiger partial charge in [0.2, 0.25) is 0 Å². The number of hydrogen-bond acceptors (Lipinski definition) is 2. The van der Waals surface area contributed by atoms with Crippen molar-refractivity contribution in [3.05, 3.63) is 28.5 Å². The molecule has 100 valence electrons. The molecule has 1 N–H and O–H groups in total. The first-order chi connectivity index (χ1) is 8.38. The van der Waals surface area contributed by atoms with Gasteiger partial charge in [-0.05, 0) is 40.9 Å². The Morgan fingerprint density at radius 1 is 1.33 bits per heavy atom. The Balaban J connectivity index is 2.24. The summed E-state index contributed by atoms with van der Waals surface area (Å²) in [5.74, 6) is -0.380. The highest BCUT2D eigenvalue weighted by atomic mass is 79.9. The summed E-state index contributed by atoms with van der Waals surface area (Å²) in [6.07, 6.45) is -3.16. The average molecular weight is 325 g/mol. The summed E-state index contributed by atoms with van der Waals surface area (Å²) >= 11 is 3.19. The van der Waals surface area contributed by atoms with Gasteiger partial charge in [0.05, 0.1) is 0 Å². The first kappa shape index (κ1) is 14.9. The van der Waals surface area contributed by atoms with Crippen LogP contribution in [0.25, 0.3) is 0 Å². The van der Waals surface area contributed by atoms with Crippen LogP contribution in [-0.4, -0.2) is 23.6 Å². The minimum atomic E-state index is -4.13. The van der Waals surface area contributed by atoms with Gasteiger partial charge in [-0.15, -0.1) is 0 Å². The van der Waals surface area contributed by atoms with Crippen LogP contribution in [0.2, 0.25) is 0 Å². The number of rotatable bonds is 5. The van der Waals surface area contributed by atoms with Gasteiger partial charge in [0.25, 0.3) is 5.91 Å². The first-order valence-corrected chi connectivity index (χ1v) is 6.14. The fourth-order valence-electron chi connectivity index (χ4n) is 1.25. The normalized spacial score (nSPS) is 11.3. The monoisotopic (exact) mass is 324 g/mol. The van der Waals surface area contributed by atoms with Crippen LogP contribution in [0.1, 0.15) is 29.8 Å². The van der Waals surface area contributed by atoms with Crippen LogP contribution in [0.4, 0.5) is 13.2 Å². The highest BCUT2D eigenvalue weighted by molar-refractivity contribution is 9.10. The molecule has 0 radical (unpaired) electrons. The molecule has 7 heteroatoms. The third-order valence-corrected chi connectivity index (χ3v) is 2.60. The number of carbonyl (C=O) groups is 1. The lowest BCUT2D eigenvalue weighted by molar-refractivity contribution is -0.135. The van der Waals surface area contributed by atoms with Crippen molar-refractivity contribution in [2.75, 3.05) is 6.54 Å². The molecule has 0 saturated heterocycles. The summed E-state index contributed by atoms with van der Waals surface area (Å²) in [5.41, 5.74) is 0.244. The Hall–Kier alpha value is -1.11. The van der Waals surface area contributed by atoms with Crippen molar-refractivity contribution < 1.29 is 18.0 Å². The molecular weight excluding hydrogens is 313 g/mol. The van der Waals surface area contributed by atoms with Crippen LogP contribution in [0.5, 0.6) is 0 Å². The van der Waals surface area contributed by atoms with E-state index in [9.17, 15) is 18.0 Å². The van der Waals surface area contributed by atoms with E-state index < -0.39 is 12.6 Å². The van der Waals surface area contributed by atoms with Crippen molar-refractivity contribution in [3.63, 3.8) is 0 Å². The van der Waals surface area contributed by atoms with E-state index in [0.29, 0.717) is 6.42 Å². The quantitative estimate of drug-likeness (QED) is 0.844. The van der Waals surface area contributed by atoms with Gasteiger partial charge in [-0.3, -0.25) is 4.79 Å². The molecule has 1 amide bonds. The summed E-state index contributed by atoms with van der Waals surface area (Å²) in [5, 5.41) is 2.52. The van der Waals surface area contributed by atoms with E-state index in [4.69, 9.17) is 0 Å². The van der Waals surface area contributed by atoms with E-state index in [1.165, 1.54) is 12.3 Å². The Bertz CT molecular complexity index is 392. The number of amides is 1. The Kier molecular flexibility index (Phi) is 5.58. The van der Waals surface area contributed by atoms with E-state index in [2.05, 4.69) is 26.2 Å². The van der Waals surface area contributed by atoms with E-state index in [1.54, 1.807) is 6.07 Å². The van der Waals surface area contributed by atoms with Crippen LogP contribution in [-0.2, 0) is 0 Å². The molecule has 0 atom stereocenters. The minimum absolute atomic E-state index is 0.0115. The number of carbonyl (C=O) groups excluding carboxylic acids is 1. The molecule has 1 heterocycles. The van der Waals surface area contributed by atoms with Crippen LogP contribution in [0, 0.1) is 0 Å². The predicted molar refractivity (Wildman–Crippen MR) is 64.2 cm³/mol. The molecule has 0 aliphatic rings. The zero-order valence-corrected chi connectivity index (χ0v) is 11.0. The maximum Gasteiger partial charge on any atom is 0.389 e. The van der Waals surface area contributed by atoms with Crippen molar-refractivity contribution in [2.45, 2.75) is 25.4 Å². The largest absolute Gasteiger partial charge is 0.389 e. The molecule has 3 nitrogen and oxygen atoms in total. The van der Waals surface area contributed by atoms with E-state index >= 15 is 0 Å². The van der Waals surface area contributed by atoms with Gasteiger partial charge < -0.3 is 5.32 Å². The van der Waals surface area contributed by atoms with Gasteiger partial charge in [0, 0.05) is 23.6 Å². The molecule has 0 aliphatic carbocycles. The molecule has 0 saturated carbocycles. The molecule has 18 heavy (non-hydrogen) atoms. The van der Waals surface area contributed by atoms with Gasteiger partial charge >= 0.3 is 6.18 Å². The Morgan fingerprint density at radius 3 is 2.61 bits per heavy atom. The van der Waals surface area contributed by atoms with Crippen LogP contribution < -0.4 is 5.32 Å². The van der Waals surface area contributed by atoms with Crippen molar-refractivity contribution >= 4 is 21.8 Å². The van der Waals surface area contributed by atoms with Crippen molar-refractivity contribution in [1.82, 2.24) is 10.3 Å². The number of hydrogen-bond donors (Lipinski definition) is 1. The van der Waals surface area contributed by atoms with Gasteiger partial charge in [0.1, 0.15) is 5.69 Å². The smallest absolute Gasteiger partial charge is 0.351 e. The van der Waals surface area contributed by atoms with Crippen LogP contribution >= 0.6 is 15.9 Å². The lowest BCUT2D eigenvalue weighted by Crippen LogP contribution is -2.25. The fourth-order valence-corrected chi connectivity index (χ4v) is 1.49. The summed E-state index contributed by atoms with van der Waals surface area (Å²) in [7, 11) is 0. The number of halogens is 4. The van der Waals surface area contributed by atoms with Crippen molar-refractivity contribution in [3.8, 4) is 0 Å². The van der Waals surface area contributed by atoms with Gasteiger partial charge in [-0.1, -0.05) is 0 Å². The van der Waals surface area contributed by atoms with Gasteiger partial charge in [-0.25, -0.2) is 4.98 Å². The maximum absolute atomic E-state index is 11.8. The molecule has 0 fully saturated rings. The third-order valence-electron chi connectivity index (χ3n) is 2.13. The third kappa shape index (κ3) is 6.00. The van der Waals surface area contributed by atoms with Crippen LogP contribution in [0.15, 0.2) is 22.8 Å². The summed E-state index contributed by atoms with van der Waals surface area (Å²) in [6, 6.07) is 3.21. The zero-order chi connectivity index (χ0) is 13.6. The Morgan fingerprint density at radius 2 is 2.06 bits per heavy atom. The predicted octanol–water partition coefficient (Wildman–Crippen LogP) is 3.31. The van der Waals surface area contributed by atoms with Gasteiger partial charge in [0.15, 0.2) is 0 Å². The Labute approximate surface area is 111 Å². The molecule has 1 aromatic rings. The zero-order valence-electron chi connectivity index (χ0n) is 9.43.